The average Bonchev–Trinajstić information content (AvgIpc) is 2.99. The SMILES string of the molecule is CC(=O)c1ccc(NC(=O)C(C)Sc2ccc(NC(=O)/C(=C/c3ccccc3C)NC(=O)c3ccccc3)cc2)cc1. The van der Waals surface area contributed by atoms with Crippen molar-refractivity contribution in [3.8, 4) is 0 Å². The minimum atomic E-state index is -0.466. The van der Waals surface area contributed by atoms with E-state index in [9.17, 15) is 19.2 Å². The van der Waals surface area contributed by atoms with Crippen LogP contribution in [0.15, 0.2) is 114 Å². The highest BCUT2D eigenvalue weighted by Crippen LogP contribution is 2.26. The first-order chi connectivity index (χ1) is 20.2. The van der Waals surface area contributed by atoms with Crippen LogP contribution in [0, 0.1) is 6.92 Å². The lowest BCUT2D eigenvalue weighted by molar-refractivity contribution is -0.115. The zero-order valence-corrected chi connectivity index (χ0v) is 24.3. The Morgan fingerprint density at radius 3 is 1.95 bits per heavy atom. The van der Waals surface area contributed by atoms with Gasteiger partial charge in [-0.3, -0.25) is 19.2 Å². The molecule has 4 aromatic rings. The molecule has 1 atom stereocenters. The molecule has 0 aliphatic rings. The second kappa shape index (κ2) is 14.1. The number of thioether (sulfide) groups is 1. The zero-order chi connectivity index (χ0) is 30.1. The van der Waals surface area contributed by atoms with E-state index in [4.69, 9.17) is 0 Å². The van der Waals surface area contributed by atoms with Crippen molar-refractivity contribution in [3.63, 3.8) is 0 Å². The lowest BCUT2D eigenvalue weighted by Gasteiger charge is -2.14. The molecule has 0 heterocycles. The third-order valence-corrected chi connectivity index (χ3v) is 7.48. The van der Waals surface area contributed by atoms with Crippen molar-refractivity contribution in [2.24, 2.45) is 0 Å². The molecule has 4 aromatic carbocycles. The number of amides is 3. The second-order valence-electron chi connectivity index (χ2n) is 9.60. The van der Waals surface area contributed by atoms with Crippen LogP contribution in [0.3, 0.4) is 0 Å². The van der Waals surface area contributed by atoms with E-state index in [1.807, 2.05) is 49.4 Å². The van der Waals surface area contributed by atoms with Crippen molar-refractivity contribution in [3.05, 3.63) is 131 Å². The minimum Gasteiger partial charge on any atom is -0.325 e. The normalized spacial score (nSPS) is 11.7. The van der Waals surface area contributed by atoms with Gasteiger partial charge in [-0.1, -0.05) is 42.5 Å². The molecule has 3 amide bonds. The fourth-order valence-corrected chi connectivity index (χ4v) is 4.82. The molecule has 0 fully saturated rings. The molecule has 0 aromatic heterocycles. The van der Waals surface area contributed by atoms with Gasteiger partial charge in [0.2, 0.25) is 5.91 Å². The fourth-order valence-electron chi connectivity index (χ4n) is 3.95. The van der Waals surface area contributed by atoms with Gasteiger partial charge in [-0.15, -0.1) is 11.8 Å². The summed E-state index contributed by atoms with van der Waals surface area (Å²) in [5.74, 6) is -1.06. The standard InChI is InChI=1S/C34H31N3O4S/c1-22-9-7-8-12-27(22)21-31(37-33(40)26-10-5-4-6-11-26)34(41)36-29-17-19-30(20-18-29)42-24(3)32(39)35-28-15-13-25(14-16-28)23(2)38/h4-21,24H,1-3H3,(H,35,39)(H,36,41)(H,37,40)/b31-21-. The lowest BCUT2D eigenvalue weighted by atomic mass is 10.1. The highest BCUT2D eigenvalue weighted by atomic mass is 32.2. The Kier molecular flexibility index (Phi) is 10.1. The number of rotatable bonds is 10. The second-order valence-corrected chi connectivity index (χ2v) is 11.0. The Balaban J connectivity index is 1.41. The molecule has 0 spiro atoms. The number of hydrogen-bond acceptors (Lipinski definition) is 5. The van der Waals surface area contributed by atoms with Gasteiger partial charge in [0.1, 0.15) is 5.70 Å². The van der Waals surface area contributed by atoms with Crippen molar-refractivity contribution < 1.29 is 19.2 Å². The van der Waals surface area contributed by atoms with Crippen LogP contribution in [0.25, 0.3) is 6.08 Å². The van der Waals surface area contributed by atoms with E-state index in [-0.39, 0.29) is 23.3 Å². The quantitative estimate of drug-likeness (QED) is 0.110. The van der Waals surface area contributed by atoms with Gasteiger partial charge in [0, 0.05) is 27.4 Å². The van der Waals surface area contributed by atoms with Crippen LogP contribution in [-0.4, -0.2) is 28.8 Å². The van der Waals surface area contributed by atoms with Crippen molar-refractivity contribution in [1.29, 1.82) is 0 Å². The molecular formula is C34H31N3O4S. The Morgan fingerprint density at radius 1 is 0.714 bits per heavy atom. The Bertz CT molecular complexity index is 1620. The van der Waals surface area contributed by atoms with Crippen molar-refractivity contribution in [1.82, 2.24) is 5.32 Å². The maximum Gasteiger partial charge on any atom is 0.272 e. The summed E-state index contributed by atoms with van der Waals surface area (Å²) in [6, 6.07) is 30.2. The molecule has 0 aliphatic carbocycles. The number of anilines is 2. The minimum absolute atomic E-state index is 0.0353. The fraction of sp³-hybridized carbons (Fsp3) is 0.118. The highest BCUT2D eigenvalue weighted by Gasteiger charge is 2.17. The van der Waals surface area contributed by atoms with E-state index in [0.29, 0.717) is 22.5 Å². The van der Waals surface area contributed by atoms with Crippen LogP contribution < -0.4 is 16.0 Å². The zero-order valence-electron chi connectivity index (χ0n) is 23.5. The summed E-state index contributed by atoms with van der Waals surface area (Å²) in [5, 5.41) is 8.07. The highest BCUT2D eigenvalue weighted by molar-refractivity contribution is 8.00. The molecule has 3 N–H and O–H groups in total. The maximum atomic E-state index is 13.3. The Morgan fingerprint density at radius 2 is 1.31 bits per heavy atom. The number of aryl methyl sites for hydroxylation is 1. The molecule has 0 bridgehead atoms. The number of nitrogens with one attached hydrogen (secondary N) is 3. The number of carbonyl (C=O) groups is 4. The summed E-state index contributed by atoms with van der Waals surface area (Å²) in [7, 11) is 0. The molecule has 212 valence electrons. The van der Waals surface area contributed by atoms with Gasteiger partial charge in [-0.2, -0.15) is 0 Å². The van der Waals surface area contributed by atoms with E-state index < -0.39 is 11.2 Å². The first kappa shape index (κ1) is 30.0. The monoisotopic (exact) mass is 577 g/mol. The molecule has 8 heteroatoms. The summed E-state index contributed by atoms with van der Waals surface area (Å²) >= 11 is 1.38. The number of hydrogen-bond donors (Lipinski definition) is 3. The summed E-state index contributed by atoms with van der Waals surface area (Å²) < 4.78 is 0. The molecule has 0 saturated heterocycles. The number of benzene rings is 4. The van der Waals surface area contributed by atoms with Gasteiger partial charge < -0.3 is 16.0 Å². The van der Waals surface area contributed by atoms with Crippen LogP contribution in [-0.2, 0) is 9.59 Å². The van der Waals surface area contributed by atoms with Gasteiger partial charge in [-0.25, -0.2) is 0 Å². The summed E-state index contributed by atoms with van der Waals surface area (Å²) in [5.41, 5.74) is 4.06. The number of carbonyl (C=O) groups excluding carboxylic acids is 4. The molecule has 1 unspecified atom stereocenters. The Labute approximate surface area is 249 Å². The van der Waals surface area contributed by atoms with Crippen LogP contribution in [0.5, 0.6) is 0 Å². The first-order valence-electron chi connectivity index (χ1n) is 13.3. The molecule has 42 heavy (non-hydrogen) atoms. The third-order valence-electron chi connectivity index (χ3n) is 6.37. The number of Topliss-reactive ketones (excluding diaryl/α,β-unsaturated/α-hetero) is 1. The van der Waals surface area contributed by atoms with Gasteiger partial charge >= 0.3 is 0 Å². The van der Waals surface area contributed by atoms with Gasteiger partial charge in [-0.05, 0) is 98.6 Å². The van der Waals surface area contributed by atoms with Crippen molar-refractivity contribution in [2.45, 2.75) is 30.9 Å². The largest absolute Gasteiger partial charge is 0.325 e. The van der Waals surface area contributed by atoms with E-state index in [1.165, 1.54) is 18.7 Å². The molecule has 0 radical (unpaired) electrons. The summed E-state index contributed by atoms with van der Waals surface area (Å²) in [4.78, 5) is 51.2. The van der Waals surface area contributed by atoms with Gasteiger partial charge in [0.25, 0.3) is 11.8 Å². The molecular weight excluding hydrogens is 546 g/mol. The van der Waals surface area contributed by atoms with Gasteiger partial charge in [0.15, 0.2) is 5.78 Å². The smallest absolute Gasteiger partial charge is 0.272 e. The van der Waals surface area contributed by atoms with Gasteiger partial charge in [0.05, 0.1) is 5.25 Å². The number of ketones is 1. The van der Waals surface area contributed by atoms with E-state index >= 15 is 0 Å². The molecule has 4 rings (SSSR count). The maximum absolute atomic E-state index is 13.3. The van der Waals surface area contributed by atoms with E-state index in [0.717, 1.165) is 16.0 Å². The predicted octanol–water partition coefficient (Wildman–Crippen LogP) is 6.73. The lowest BCUT2D eigenvalue weighted by Crippen LogP contribution is -2.30. The van der Waals surface area contributed by atoms with E-state index in [1.54, 1.807) is 73.7 Å². The molecule has 0 saturated carbocycles. The molecule has 7 nitrogen and oxygen atoms in total. The van der Waals surface area contributed by atoms with Crippen molar-refractivity contribution in [2.75, 3.05) is 10.6 Å². The third kappa shape index (κ3) is 8.28. The average molecular weight is 578 g/mol. The van der Waals surface area contributed by atoms with E-state index in [2.05, 4.69) is 16.0 Å². The first-order valence-corrected chi connectivity index (χ1v) is 14.2. The van der Waals surface area contributed by atoms with Crippen LogP contribution in [0.2, 0.25) is 0 Å². The van der Waals surface area contributed by atoms with Crippen LogP contribution >= 0.6 is 11.8 Å². The topological polar surface area (TPSA) is 104 Å². The van der Waals surface area contributed by atoms with Crippen molar-refractivity contribution >= 4 is 52.7 Å². The molecule has 0 aliphatic heterocycles. The summed E-state index contributed by atoms with van der Waals surface area (Å²) in [6.07, 6.45) is 1.66. The predicted molar refractivity (Wildman–Crippen MR) is 169 cm³/mol. The Hall–Kier alpha value is -4.95. The van der Waals surface area contributed by atoms with Crippen LogP contribution in [0.1, 0.15) is 45.7 Å². The summed E-state index contributed by atoms with van der Waals surface area (Å²) in [6.45, 7) is 5.23. The van der Waals surface area contributed by atoms with Crippen LogP contribution in [0.4, 0.5) is 11.4 Å².